The number of aryl methyl sites for hydroxylation is 3. The van der Waals surface area contributed by atoms with Crippen LogP contribution in [0.2, 0.25) is 0 Å². The van der Waals surface area contributed by atoms with E-state index in [-0.39, 0.29) is 17.0 Å². The SMILES string of the molecule is COc1ccc(CCc2cc(C)c(C(=O)N3CCc4cc(=O)[nH]cc4C3)c(=O)o2)cc1. The molecule has 160 valence electrons. The third kappa shape index (κ3) is 4.45. The average molecular weight is 420 g/mol. The Balaban J connectivity index is 1.49. The summed E-state index contributed by atoms with van der Waals surface area (Å²) in [5.41, 5.74) is 2.84. The molecule has 0 unspecified atom stereocenters. The van der Waals surface area contributed by atoms with E-state index in [1.165, 1.54) is 0 Å². The second-order valence-electron chi connectivity index (χ2n) is 7.73. The Morgan fingerprint density at radius 1 is 1.13 bits per heavy atom. The number of pyridine rings is 1. The zero-order chi connectivity index (χ0) is 22.0. The summed E-state index contributed by atoms with van der Waals surface area (Å²) >= 11 is 0. The molecule has 0 atom stereocenters. The van der Waals surface area contributed by atoms with Gasteiger partial charge in [-0.25, -0.2) is 4.79 Å². The number of methoxy groups -OCH3 is 1. The van der Waals surface area contributed by atoms with Crippen LogP contribution in [0, 0.1) is 6.92 Å². The first-order valence-corrected chi connectivity index (χ1v) is 10.2. The number of ether oxygens (including phenoxy) is 1. The lowest BCUT2D eigenvalue weighted by atomic mass is 10.0. The number of hydrogen-bond donors (Lipinski definition) is 1. The number of aromatic amines is 1. The minimum atomic E-state index is -0.609. The van der Waals surface area contributed by atoms with Gasteiger partial charge in [-0.2, -0.15) is 0 Å². The molecule has 0 saturated carbocycles. The summed E-state index contributed by atoms with van der Waals surface area (Å²) in [5, 5.41) is 0. The summed E-state index contributed by atoms with van der Waals surface area (Å²) in [7, 11) is 1.62. The summed E-state index contributed by atoms with van der Waals surface area (Å²) in [6.45, 7) is 2.56. The molecular weight excluding hydrogens is 396 g/mol. The van der Waals surface area contributed by atoms with Crippen LogP contribution in [0.4, 0.5) is 0 Å². The van der Waals surface area contributed by atoms with Crippen molar-refractivity contribution in [3.63, 3.8) is 0 Å². The van der Waals surface area contributed by atoms with E-state index in [2.05, 4.69) is 4.98 Å². The quantitative estimate of drug-likeness (QED) is 0.685. The maximum atomic E-state index is 13.1. The summed E-state index contributed by atoms with van der Waals surface area (Å²) in [4.78, 5) is 41.4. The number of fused-ring (bicyclic) bond motifs is 1. The van der Waals surface area contributed by atoms with Gasteiger partial charge in [0.1, 0.15) is 17.1 Å². The molecule has 1 aliphatic heterocycles. The van der Waals surface area contributed by atoms with Crippen molar-refractivity contribution >= 4 is 5.91 Å². The van der Waals surface area contributed by atoms with Crippen LogP contribution in [-0.2, 0) is 25.8 Å². The Morgan fingerprint density at radius 3 is 2.61 bits per heavy atom. The van der Waals surface area contributed by atoms with Crippen LogP contribution in [0.15, 0.2) is 56.6 Å². The highest BCUT2D eigenvalue weighted by Gasteiger charge is 2.26. The molecule has 0 bridgehead atoms. The van der Waals surface area contributed by atoms with Crippen molar-refractivity contribution in [3.05, 3.63) is 96.9 Å². The van der Waals surface area contributed by atoms with Crippen molar-refractivity contribution in [1.29, 1.82) is 0 Å². The Bertz CT molecular complexity index is 1220. The highest BCUT2D eigenvalue weighted by Crippen LogP contribution is 2.20. The third-order valence-electron chi connectivity index (χ3n) is 5.64. The molecule has 4 rings (SSSR count). The van der Waals surface area contributed by atoms with Crippen LogP contribution >= 0.6 is 0 Å². The van der Waals surface area contributed by atoms with Gasteiger partial charge in [-0.1, -0.05) is 12.1 Å². The van der Waals surface area contributed by atoms with Gasteiger partial charge in [0.15, 0.2) is 0 Å². The first-order valence-electron chi connectivity index (χ1n) is 10.2. The van der Waals surface area contributed by atoms with Crippen LogP contribution in [0.3, 0.4) is 0 Å². The molecule has 0 radical (unpaired) electrons. The van der Waals surface area contributed by atoms with E-state index in [1.54, 1.807) is 37.3 Å². The smallest absolute Gasteiger partial charge is 0.349 e. The lowest BCUT2D eigenvalue weighted by Crippen LogP contribution is -2.39. The van der Waals surface area contributed by atoms with Gasteiger partial charge in [0.05, 0.1) is 7.11 Å². The molecular formula is C24H24N2O5. The zero-order valence-electron chi connectivity index (χ0n) is 17.6. The maximum Gasteiger partial charge on any atom is 0.349 e. The highest BCUT2D eigenvalue weighted by atomic mass is 16.5. The Morgan fingerprint density at radius 2 is 1.90 bits per heavy atom. The molecule has 1 amide bonds. The molecule has 31 heavy (non-hydrogen) atoms. The number of carbonyl (C=O) groups excluding carboxylic acids is 1. The van der Waals surface area contributed by atoms with E-state index in [0.29, 0.717) is 43.7 Å². The molecule has 1 aromatic carbocycles. The lowest BCUT2D eigenvalue weighted by molar-refractivity contribution is 0.0728. The number of H-pyrrole nitrogens is 1. The number of amides is 1. The maximum absolute atomic E-state index is 13.1. The Labute approximate surface area is 179 Å². The van der Waals surface area contributed by atoms with E-state index in [1.807, 2.05) is 24.3 Å². The van der Waals surface area contributed by atoms with E-state index in [4.69, 9.17) is 9.15 Å². The second kappa shape index (κ2) is 8.63. The van der Waals surface area contributed by atoms with Crippen molar-refractivity contribution < 1.29 is 13.9 Å². The topological polar surface area (TPSA) is 92.6 Å². The standard InChI is InChI=1S/C24H24N2O5/c1-15-11-20(8-5-16-3-6-19(30-2)7-4-16)31-24(29)22(15)23(28)26-10-9-17-12-21(27)25-13-18(17)14-26/h3-4,6-7,11-13H,5,8-10,14H2,1-2H3,(H,25,27). The largest absolute Gasteiger partial charge is 0.497 e. The minimum Gasteiger partial charge on any atom is -0.497 e. The van der Waals surface area contributed by atoms with E-state index in [0.717, 1.165) is 22.4 Å². The summed E-state index contributed by atoms with van der Waals surface area (Å²) < 4.78 is 10.6. The van der Waals surface area contributed by atoms with Crippen molar-refractivity contribution in [1.82, 2.24) is 9.88 Å². The molecule has 0 saturated heterocycles. The van der Waals surface area contributed by atoms with E-state index in [9.17, 15) is 14.4 Å². The van der Waals surface area contributed by atoms with Gasteiger partial charge in [0, 0.05) is 31.8 Å². The summed E-state index contributed by atoms with van der Waals surface area (Å²) in [6, 6.07) is 11.1. The van der Waals surface area contributed by atoms with Gasteiger partial charge < -0.3 is 19.0 Å². The third-order valence-corrected chi connectivity index (χ3v) is 5.64. The molecule has 3 aromatic rings. The Kier molecular flexibility index (Phi) is 5.75. The number of carbonyl (C=O) groups is 1. The van der Waals surface area contributed by atoms with E-state index >= 15 is 0 Å². The van der Waals surface area contributed by atoms with Gasteiger partial charge in [-0.15, -0.1) is 0 Å². The van der Waals surface area contributed by atoms with Crippen LogP contribution in [0.1, 0.15) is 38.4 Å². The first kappa shape index (κ1) is 20.7. The monoisotopic (exact) mass is 420 g/mol. The average Bonchev–Trinajstić information content (AvgIpc) is 2.77. The fourth-order valence-electron chi connectivity index (χ4n) is 3.91. The van der Waals surface area contributed by atoms with Crippen molar-refractivity contribution in [2.24, 2.45) is 0 Å². The predicted molar refractivity (Wildman–Crippen MR) is 116 cm³/mol. The molecule has 0 spiro atoms. The molecule has 7 heteroatoms. The van der Waals surface area contributed by atoms with Crippen LogP contribution < -0.4 is 15.9 Å². The molecule has 2 aromatic heterocycles. The van der Waals surface area contributed by atoms with Gasteiger partial charge >= 0.3 is 5.63 Å². The fraction of sp³-hybridized carbons (Fsp3) is 0.292. The number of benzene rings is 1. The summed E-state index contributed by atoms with van der Waals surface area (Å²) in [5.74, 6) is 1.00. The lowest BCUT2D eigenvalue weighted by Gasteiger charge is -2.28. The van der Waals surface area contributed by atoms with Gasteiger partial charge in [0.25, 0.3) is 5.91 Å². The van der Waals surface area contributed by atoms with Gasteiger partial charge in [0.2, 0.25) is 5.56 Å². The number of hydrogen-bond acceptors (Lipinski definition) is 5. The van der Waals surface area contributed by atoms with Crippen molar-refractivity contribution in [2.75, 3.05) is 13.7 Å². The first-order chi connectivity index (χ1) is 14.9. The zero-order valence-corrected chi connectivity index (χ0v) is 17.6. The second-order valence-corrected chi connectivity index (χ2v) is 7.73. The Hall–Kier alpha value is -3.61. The van der Waals surface area contributed by atoms with Crippen LogP contribution in [-0.4, -0.2) is 29.4 Å². The molecule has 1 aliphatic rings. The number of nitrogens with zero attached hydrogens (tertiary/aromatic N) is 1. The number of aromatic nitrogens is 1. The molecule has 0 fully saturated rings. The fourth-order valence-corrected chi connectivity index (χ4v) is 3.91. The highest BCUT2D eigenvalue weighted by molar-refractivity contribution is 5.95. The van der Waals surface area contributed by atoms with Crippen molar-refractivity contribution in [2.45, 2.75) is 32.7 Å². The van der Waals surface area contributed by atoms with E-state index < -0.39 is 5.63 Å². The molecule has 3 heterocycles. The predicted octanol–water partition coefficient (Wildman–Crippen LogP) is 2.63. The van der Waals surface area contributed by atoms with Gasteiger partial charge in [-0.3, -0.25) is 9.59 Å². The minimum absolute atomic E-state index is 0.0704. The molecule has 0 aliphatic carbocycles. The van der Waals surface area contributed by atoms with Gasteiger partial charge in [-0.05, 0) is 60.2 Å². The molecule has 1 N–H and O–H groups in total. The number of rotatable bonds is 5. The molecule has 7 nitrogen and oxygen atoms in total. The number of nitrogens with one attached hydrogen (secondary N) is 1. The normalized spacial score (nSPS) is 13.0. The van der Waals surface area contributed by atoms with Crippen molar-refractivity contribution in [3.8, 4) is 5.75 Å². The van der Waals surface area contributed by atoms with Crippen LogP contribution in [0.25, 0.3) is 0 Å². The summed E-state index contributed by atoms with van der Waals surface area (Å²) in [6.07, 6.45) is 3.48. The van der Waals surface area contributed by atoms with Crippen LogP contribution in [0.5, 0.6) is 5.75 Å².